The molecule has 0 aliphatic heterocycles. The molecule has 0 saturated carbocycles. The van der Waals surface area contributed by atoms with E-state index in [0.717, 1.165) is 28.6 Å². The van der Waals surface area contributed by atoms with Gasteiger partial charge in [-0.1, -0.05) is 51.9 Å². The summed E-state index contributed by atoms with van der Waals surface area (Å²) < 4.78 is 0. The van der Waals surface area contributed by atoms with Crippen molar-refractivity contribution in [3.05, 3.63) is 21.5 Å². The van der Waals surface area contributed by atoms with E-state index in [1.54, 1.807) is 0 Å². The lowest BCUT2D eigenvalue weighted by molar-refractivity contribution is -0.137. The number of nitrogens with zero attached hydrogens (tertiary/aromatic N) is 2. The van der Waals surface area contributed by atoms with Crippen molar-refractivity contribution >= 4 is 40.3 Å². The minimum absolute atomic E-state index is 0.0678. The van der Waals surface area contributed by atoms with Crippen LogP contribution in [0.2, 0.25) is 0 Å². The van der Waals surface area contributed by atoms with Gasteiger partial charge < -0.3 is 10.4 Å². The summed E-state index contributed by atoms with van der Waals surface area (Å²) in [5, 5.41) is 16.9. The van der Waals surface area contributed by atoms with Crippen molar-refractivity contribution in [2.24, 2.45) is 0 Å². The third-order valence-corrected chi connectivity index (χ3v) is 7.30. The molecule has 2 rings (SSSR count). The van der Waals surface area contributed by atoms with Crippen molar-refractivity contribution < 1.29 is 19.5 Å². The van der Waals surface area contributed by atoms with E-state index in [1.165, 1.54) is 61.2 Å². The summed E-state index contributed by atoms with van der Waals surface area (Å²) in [6, 6.07) is 0. The van der Waals surface area contributed by atoms with E-state index in [-0.39, 0.29) is 18.1 Å². The first kappa shape index (κ1) is 28.1. The minimum atomic E-state index is -0.833. The standard InChI is InChI=1S/C25H37N3O4S2/c1-2-3-4-5-6-7-8-9-12-21(29)19-17-34-25(28-19)20-18-33-23(27-20)15-16-26-22(30)13-10-11-14-24(31)32/h17-18H,2-16H2,1H3,(H,26,30)(H,31,32). The number of Topliss-reactive ketones (excluding diaryl/α,β-unsaturated/α-hetero) is 1. The third kappa shape index (κ3) is 11.3. The van der Waals surface area contributed by atoms with E-state index < -0.39 is 5.97 Å². The van der Waals surface area contributed by atoms with Gasteiger partial charge in [-0.25, -0.2) is 9.97 Å². The average molecular weight is 508 g/mol. The van der Waals surface area contributed by atoms with Crippen molar-refractivity contribution in [2.75, 3.05) is 6.54 Å². The largest absolute Gasteiger partial charge is 0.481 e. The summed E-state index contributed by atoms with van der Waals surface area (Å²) in [5.74, 6) is -0.795. The fourth-order valence-electron chi connectivity index (χ4n) is 3.55. The van der Waals surface area contributed by atoms with Crippen molar-refractivity contribution in [1.29, 1.82) is 0 Å². The number of rotatable bonds is 19. The Labute approximate surface area is 210 Å². The Balaban J connectivity index is 1.66. The van der Waals surface area contributed by atoms with Crippen LogP contribution in [0.25, 0.3) is 10.7 Å². The van der Waals surface area contributed by atoms with Crippen LogP contribution in [0, 0.1) is 0 Å². The number of carbonyl (C=O) groups excluding carboxylic acids is 2. The molecular formula is C25H37N3O4S2. The molecule has 0 radical (unpaired) electrons. The molecule has 0 unspecified atom stereocenters. The zero-order valence-corrected chi connectivity index (χ0v) is 21.8. The molecule has 34 heavy (non-hydrogen) atoms. The van der Waals surface area contributed by atoms with Crippen LogP contribution in [-0.2, 0) is 16.0 Å². The highest BCUT2D eigenvalue weighted by molar-refractivity contribution is 7.14. The third-order valence-electron chi connectivity index (χ3n) is 5.52. The number of carboxylic acid groups (broad SMARTS) is 1. The van der Waals surface area contributed by atoms with Gasteiger partial charge >= 0.3 is 5.97 Å². The second kappa shape index (κ2) is 16.5. The summed E-state index contributed by atoms with van der Waals surface area (Å²) in [6.45, 7) is 2.72. The number of carbonyl (C=O) groups is 3. The fraction of sp³-hybridized carbons (Fsp3) is 0.640. The van der Waals surface area contributed by atoms with Gasteiger partial charge in [0.2, 0.25) is 5.91 Å². The quantitative estimate of drug-likeness (QED) is 0.171. The van der Waals surface area contributed by atoms with E-state index >= 15 is 0 Å². The molecule has 1 amide bonds. The van der Waals surface area contributed by atoms with E-state index in [0.29, 0.717) is 44.3 Å². The highest BCUT2D eigenvalue weighted by atomic mass is 32.1. The Hall–Kier alpha value is -2.13. The van der Waals surface area contributed by atoms with Gasteiger partial charge in [0, 0.05) is 43.0 Å². The highest BCUT2D eigenvalue weighted by Crippen LogP contribution is 2.26. The SMILES string of the molecule is CCCCCCCCCCC(=O)c1csc(-c2csc(CCNC(=O)CCCCC(=O)O)n2)n1. The maximum atomic E-state index is 12.5. The van der Waals surface area contributed by atoms with Gasteiger partial charge in [0.05, 0.1) is 5.01 Å². The van der Waals surface area contributed by atoms with Crippen molar-refractivity contribution in [3.8, 4) is 10.7 Å². The first-order valence-corrected chi connectivity index (χ1v) is 14.2. The van der Waals surface area contributed by atoms with Crippen LogP contribution < -0.4 is 5.32 Å². The fourth-order valence-corrected chi connectivity index (χ4v) is 5.19. The normalized spacial score (nSPS) is 11.0. The number of amides is 1. The Morgan fingerprint density at radius 3 is 2.26 bits per heavy atom. The van der Waals surface area contributed by atoms with Gasteiger partial charge in [-0.2, -0.15) is 0 Å². The van der Waals surface area contributed by atoms with Gasteiger partial charge in [0.15, 0.2) is 5.78 Å². The molecule has 2 aromatic heterocycles. The number of aromatic nitrogens is 2. The summed E-state index contributed by atoms with van der Waals surface area (Å²) in [6.07, 6.45) is 12.4. The summed E-state index contributed by atoms with van der Waals surface area (Å²) in [5.41, 5.74) is 1.31. The second-order valence-corrected chi connectivity index (χ2v) is 10.3. The Kier molecular flexibility index (Phi) is 13.6. The van der Waals surface area contributed by atoms with E-state index in [4.69, 9.17) is 5.11 Å². The molecule has 2 heterocycles. The molecule has 0 spiro atoms. The van der Waals surface area contributed by atoms with Gasteiger partial charge in [-0.3, -0.25) is 14.4 Å². The molecule has 188 valence electrons. The van der Waals surface area contributed by atoms with Crippen LogP contribution >= 0.6 is 22.7 Å². The van der Waals surface area contributed by atoms with Crippen molar-refractivity contribution in [3.63, 3.8) is 0 Å². The highest BCUT2D eigenvalue weighted by Gasteiger charge is 2.14. The summed E-state index contributed by atoms with van der Waals surface area (Å²) in [4.78, 5) is 43.9. The second-order valence-electron chi connectivity index (χ2n) is 8.51. The number of carboxylic acids is 1. The van der Waals surface area contributed by atoms with Crippen LogP contribution in [0.1, 0.15) is 106 Å². The van der Waals surface area contributed by atoms with Crippen molar-refractivity contribution in [1.82, 2.24) is 15.3 Å². The number of aliphatic carboxylic acids is 1. The van der Waals surface area contributed by atoms with Gasteiger partial charge in [0.25, 0.3) is 0 Å². The maximum absolute atomic E-state index is 12.5. The van der Waals surface area contributed by atoms with Crippen LogP contribution in [0.3, 0.4) is 0 Å². The molecule has 0 atom stereocenters. The Bertz CT molecular complexity index is 894. The van der Waals surface area contributed by atoms with Crippen LogP contribution in [-0.4, -0.2) is 39.3 Å². The van der Waals surface area contributed by atoms with E-state index in [9.17, 15) is 14.4 Å². The molecule has 0 aromatic carbocycles. The lowest BCUT2D eigenvalue weighted by Crippen LogP contribution is -2.25. The van der Waals surface area contributed by atoms with Gasteiger partial charge in [-0.15, -0.1) is 22.7 Å². The predicted molar refractivity (Wildman–Crippen MR) is 138 cm³/mol. The number of nitrogens with one attached hydrogen (secondary N) is 1. The molecule has 2 N–H and O–H groups in total. The number of hydrogen-bond donors (Lipinski definition) is 2. The zero-order valence-electron chi connectivity index (χ0n) is 20.1. The van der Waals surface area contributed by atoms with Crippen LogP contribution in [0.4, 0.5) is 0 Å². The van der Waals surface area contributed by atoms with Gasteiger partial charge in [0.1, 0.15) is 16.4 Å². The Morgan fingerprint density at radius 1 is 0.853 bits per heavy atom. The monoisotopic (exact) mass is 507 g/mol. The number of thiazole rings is 2. The topological polar surface area (TPSA) is 109 Å². The molecule has 0 fully saturated rings. The smallest absolute Gasteiger partial charge is 0.303 e. The maximum Gasteiger partial charge on any atom is 0.303 e. The van der Waals surface area contributed by atoms with Crippen LogP contribution in [0.5, 0.6) is 0 Å². The summed E-state index contributed by atoms with van der Waals surface area (Å²) >= 11 is 2.96. The minimum Gasteiger partial charge on any atom is -0.481 e. The number of unbranched alkanes of at least 4 members (excludes halogenated alkanes) is 8. The molecular weight excluding hydrogens is 470 g/mol. The van der Waals surface area contributed by atoms with E-state index in [1.807, 2.05) is 10.8 Å². The molecule has 9 heteroatoms. The molecule has 0 aliphatic rings. The number of ketones is 1. The predicted octanol–water partition coefficient (Wildman–Crippen LogP) is 6.28. The zero-order chi connectivity index (χ0) is 24.6. The lowest BCUT2D eigenvalue weighted by Gasteiger charge is -2.03. The Morgan fingerprint density at radius 2 is 1.53 bits per heavy atom. The van der Waals surface area contributed by atoms with Crippen molar-refractivity contribution in [2.45, 2.75) is 96.8 Å². The lowest BCUT2D eigenvalue weighted by atomic mass is 10.1. The van der Waals surface area contributed by atoms with Crippen LogP contribution in [0.15, 0.2) is 10.8 Å². The molecule has 7 nitrogen and oxygen atoms in total. The summed E-state index contributed by atoms with van der Waals surface area (Å²) in [7, 11) is 0. The average Bonchev–Trinajstić information content (AvgIpc) is 3.48. The first-order chi connectivity index (χ1) is 16.5. The molecule has 0 aliphatic carbocycles. The number of hydrogen-bond acceptors (Lipinski definition) is 7. The van der Waals surface area contributed by atoms with E-state index in [2.05, 4.69) is 22.2 Å². The molecule has 0 saturated heterocycles. The molecule has 0 bridgehead atoms. The van der Waals surface area contributed by atoms with Gasteiger partial charge in [-0.05, 0) is 19.3 Å². The molecule has 2 aromatic rings. The first-order valence-electron chi connectivity index (χ1n) is 12.4.